The zero-order valence-corrected chi connectivity index (χ0v) is 11.4. The third-order valence-corrected chi connectivity index (χ3v) is 2.23. The molecule has 0 saturated carbocycles. The molecule has 0 saturated heterocycles. The maximum atomic E-state index is 8.86. The van der Waals surface area contributed by atoms with E-state index in [1.807, 2.05) is 0 Å². The number of rotatable bonds is 6. The average molecular weight is 305 g/mol. The smallest absolute Gasteiger partial charge is 0.129 e. The van der Waals surface area contributed by atoms with Gasteiger partial charge in [-0.2, -0.15) is 0 Å². The minimum absolute atomic E-state index is 0. The SMILES string of the molecule is [2H]c1c([2H])c([2H])c(C([2H])(Oc2ccc(C)cc2)C([2H])([2H])C([2H])([2H])[NH2+]C([2H])([2H])[2H])c([2H])c1[2H].[Cl-]. The van der Waals surface area contributed by atoms with Crippen LogP contribution in [0.25, 0.3) is 0 Å². The number of hydrogen-bond donors (Lipinski definition) is 1. The fourth-order valence-corrected chi connectivity index (χ4v) is 1.33. The molecule has 0 bridgehead atoms. The molecule has 108 valence electrons. The fourth-order valence-electron chi connectivity index (χ4n) is 1.33. The summed E-state index contributed by atoms with van der Waals surface area (Å²) in [6.07, 6.45) is -6.81. The monoisotopic (exact) mass is 304 g/mol. The van der Waals surface area contributed by atoms with Crippen molar-refractivity contribution in [3.8, 4) is 5.75 Å². The predicted octanol–water partition coefficient (Wildman–Crippen LogP) is -0.298. The van der Waals surface area contributed by atoms with E-state index in [-0.39, 0.29) is 23.5 Å². The van der Waals surface area contributed by atoms with Crippen molar-refractivity contribution in [3.05, 3.63) is 65.6 Å². The van der Waals surface area contributed by atoms with Gasteiger partial charge in [0.1, 0.15) is 11.8 Å². The third kappa shape index (κ3) is 4.87. The second kappa shape index (κ2) is 8.62. The Morgan fingerprint density at radius 2 is 2.00 bits per heavy atom. The van der Waals surface area contributed by atoms with E-state index in [0.29, 0.717) is 0 Å². The lowest BCUT2D eigenvalue weighted by molar-refractivity contribution is -0.628. The van der Waals surface area contributed by atoms with Gasteiger partial charge in [0.25, 0.3) is 0 Å². The number of hydrogen-bond acceptors (Lipinski definition) is 1. The van der Waals surface area contributed by atoms with Gasteiger partial charge in [-0.05, 0) is 24.6 Å². The lowest BCUT2D eigenvalue weighted by Gasteiger charge is -2.19. The summed E-state index contributed by atoms with van der Waals surface area (Å²) in [5.74, 6) is -0.147. The zero-order chi connectivity index (χ0) is 24.9. The minimum atomic E-state index is -3.53. The van der Waals surface area contributed by atoms with Crippen molar-refractivity contribution in [1.82, 2.24) is 0 Å². The van der Waals surface area contributed by atoms with E-state index in [1.54, 1.807) is 19.1 Å². The zero-order valence-electron chi connectivity index (χ0n) is 23.7. The molecule has 0 aliphatic heterocycles. The van der Waals surface area contributed by atoms with Crippen LogP contribution in [0.3, 0.4) is 0 Å². The maximum Gasteiger partial charge on any atom is 0.129 e. The normalized spacial score (nSPS) is 24.6. The van der Waals surface area contributed by atoms with Crippen LogP contribution >= 0.6 is 0 Å². The first kappa shape index (κ1) is 5.70. The lowest BCUT2D eigenvalue weighted by atomic mass is 10.1. The Kier molecular flexibility index (Phi) is 2.46. The van der Waals surface area contributed by atoms with Gasteiger partial charge in [-0.25, -0.2) is 0 Å². The molecule has 0 spiro atoms. The Labute approximate surface area is 145 Å². The van der Waals surface area contributed by atoms with Crippen molar-refractivity contribution in [1.29, 1.82) is 0 Å². The fraction of sp³-hybridized carbons (Fsp3) is 0.294. The van der Waals surface area contributed by atoms with Gasteiger partial charge in [0.05, 0.1) is 28.6 Å². The van der Waals surface area contributed by atoms with Gasteiger partial charge < -0.3 is 22.5 Å². The summed E-state index contributed by atoms with van der Waals surface area (Å²) in [6, 6.07) is 1.31. The molecule has 2 rings (SSSR count). The number of halogens is 1. The van der Waals surface area contributed by atoms with Gasteiger partial charge in [-0.3, -0.25) is 0 Å². The highest BCUT2D eigenvalue weighted by Crippen LogP contribution is 2.24. The largest absolute Gasteiger partial charge is 1.00 e. The van der Waals surface area contributed by atoms with Gasteiger partial charge in [-0.15, -0.1) is 0 Å². The van der Waals surface area contributed by atoms with Crippen molar-refractivity contribution in [2.75, 3.05) is 13.5 Å². The van der Waals surface area contributed by atoms with Crippen LogP contribution < -0.4 is 22.5 Å². The van der Waals surface area contributed by atoms with E-state index in [1.165, 1.54) is 12.1 Å². The molecule has 0 radical (unpaired) electrons. The van der Waals surface area contributed by atoms with Crippen LogP contribution in [0.15, 0.2) is 54.5 Å². The highest BCUT2D eigenvalue weighted by atomic mass is 35.5. The van der Waals surface area contributed by atoms with Gasteiger partial charge in [0, 0.05) is 9.11 Å². The molecular weight excluding hydrogens is 270 g/mol. The van der Waals surface area contributed by atoms with Crippen molar-refractivity contribution in [2.45, 2.75) is 19.4 Å². The quantitative estimate of drug-likeness (QED) is 0.779. The van der Waals surface area contributed by atoms with E-state index < -0.39 is 61.7 Å². The third-order valence-electron chi connectivity index (χ3n) is 2.23. The van der Waals surface area contributed by atoms with Crippen LogP contribution in [-0.4, -0.2) is 13.5 Å². The second-order valence-electron chi connectivity index (χ2n) is 3.66. The first-order valence-electron chi connectivity index (χ1n) is 12.1. The Morgan fingerprint density at radius 3 is 2.65 bits per heavy atom. The Balaban J connectivity index is 0.00000544. The van der Waals surface area contributed by atoms with Crippen LogP contribution in [0.4, 0.5) is 0 Å². The van der Waals surface area contributed by atoms with Gasteiger partial charge in [0.2, 0.25) is 0 Å². The molecule has 0 amide bonds. The Hall–Kier alpha value is -1.51. The lowest BCUT2D eigenvalue weighted by Crippen LogP contribution is -3.00. The van der Waals surface area contributed by atoms with Crippen LogP contribution in [0.2, 0.25) is 0 Å². The second-order valence-corrected chi connectivity index (χ2v) is 3.66. The number of benzene rings is 2. The Bertz CT molecular complexity index is 980. The molecule has 2 aromatic rings. The van der Waals surface area contributed by atoms with Gasteiger partial charge >= 0.3 is 0 Å². The Morgan fingerprint density at radius 1 is 1.30 bits per heavy atom. The van der Waals surface area contributed by atoms with E-state index in [2.05, 4.69) is 0 Å². The summed E-state index contributed by atoms with van der Waals surface area (Å²) < 4.78 is 109. The molecule has 1 unspecified atom stereocenters. The molecule has 0 fully saturated rings. The molecule has 2 N–H and O–H groups in total. The van der Waals surface area contributed by atoms with Crippen LogP contribution in [0.1, 0.15) is 41.4 Å². The molecule has 2 aromatic carbocycles. The molecule has 0 aliphatic rings. The summed E-state index contributed by atoms with van der Waals surface area (Å²) in [7, 11) is 0. The molecular formula is C17H22ClNO. The first-order chi connectivity index (χ1) is 14.4. The van der Waals surface area contributed by atoms with E-state index in [0.717, 1.165) is 5.56 Å². The van der Waals surface area contributed by atoms with Crippen molar-refractivity contribution in [3.63, 3.8) is 0 Å². The van der Waals surface area contributed by atoms with E-state index in [9.17, 15) is 0 Å². The summed E-state index contributed by atoms with van der Waals surface area (Å²) in [5, 5.41) is 0.0943. The first-order valence-corrected chi connectivity index (χ1v) is 5.56. The standard InChI is InChI=1S/C17H21NO.ClH/c1-14-8-10-16(11-9-14)19-17(12-13-18-2)15-6-4-3-5-7-15;/h3-11,17-18H,12-13H2,1-2H3;1H/i2D3,3D,4D,5D,6D,7D,12D2,13D2,17D;. The van der Waals surface area contributed by atoms with E-state index >= 15 is 0 Å². The highest BCUT2D eigenvalue weighted by Gasteiger charge is 2.13. The van der Waals surface area contributed by atoms with Crippen molar-refractivity contribution >= 4 is 0 Å². The van der Waals surface area contributed by atoms with Gasteiger partial charge in [0.15, 0.2) is 0 Å². The topological polar surface area (TPSA) is 25.8 Å². The molecule has 0 heterocycles. The van der Waals surface area contributed by atoms with Crippen molar-refractivity contribution < 1.29 is 40.3 Å². The van der Waals surface area contributed by atoms with Crippen LogP contribution in [0.5, 0.6) is 5.75 Å². The molecule has 1 atom stereocenters. The molecule has 3 heteroatoms. The molecule has 20 heavy (non-hydrogen) atoms. The summed E-state index contributed by atoms with van der Waals surface area (Å²) in [5.41, 5.74) is -0.179. The number of quaternary nitrogens is 1. The maximum absolute atomic E-state index is 8.86. The van der Waals surface area contributed by atoms with Gasteiger partial charge in [-0.1, -0.05) is 47.9 Å². The molecule has 0 aromatic heterocycles. The van der Waals surface area contributed by atoms with Crippen LogP contribution in [-0.2, 0) is 0 Å². The number of aryl methyl sites for hydroxylation is 1. The number of ether oxygens (including phenoxy) is 1. The predicted molar refractivity (Wildman–Crippen MR) is 78.3 cm³/mol. The minimum Gasteiger partial charge on any atom is -1.00 e. The summed E-state index contributed by atoms with van der Waals surface area (Å²) in [4.78, 5) is 0. The van der Waals surface area contributed by atoms with E-state index in [4.69, 9.17) is 22.6 Å². The number of nitrogens with two attached hydrogens (primary N) is 1. The average Bonchev–Trinajstić information content (AvgIpc) is 2.64. The molecule has 2 nitrogen and oxygen atoms in total. The summed E-state index contributed by atoms with van der Waals surface area (Å²) in [6.45, 7) is -4.63. The molecule has 0 aliphatic carbocycles. The van der Waals surface area contributed by atoms with Crippen LogP contribution in [0, 0.1) is 6.92 Å². The summed E-state index contributed by atoms with van der Waals surface area (Å²) >= 11 is 0. The van der Waals surface area contributed by atoms with Crippen molar-refractivity contribution in [2.24, 2.45) is 0 Å². The highest BCUT2D eigenvalue weighted by molar-refractivity contribution is 5.28.